The zero-order valence-corrected chi connectivity index (χ0v) is 17.5. The number of carbonyl (C=O) groups excluding carboxylic acids is 1. The maximum absolute atomic E-state index is 14.0. The molecular formula is C22H23F3N4O4. The fourth-order valence-electron chi connectivity index (χ4n) is 4.08. The van der Waals surface area contributed by atoms with Crippen LogP contribution in [0.25, 0.3) is 5.52 Å². The molecule has 0 saturated carbocycles. The Morgan fingerprint density at radius 3 is 2.88 bits per heavy atom. The summed E-state index contributed by atoms with van der Waals surface area (Å²) in [6.07, 6.45) is 3.35. The Morgan fingerprint density at radius 1 is 1.30 bits per heavy atom. The molecule has 1 aliphatic heterocycles. The van der Waals surface area contributed by atoms with E-state index in [-0.39, 0.29) is 17.9 Å². The number of hydrogen-bond acceptors (Lipinski definition) is 6. The highest BCUT2D eigenvalue weighted by Crippen LogP contribution is 2.41. The van der Waals surface area contributed by atoms with Crippen LogP contribution in [0.3, 0.4) is 0 Å². The average Bonchev–Trinajstić information content (AvgIpc) is 3.45. The zero-order chi connectivity index (χ0) is 23.5. The van der Waals surface area contributed by atoms with Gasteiger partial charge in [-0.2, -0.15) is 13.9 Å². The number of aromatic nitrogens is 2. The Balaban J connectivity index is 1.65. The van der Waals surface area contributed by atoms with Crippen molar-refractivity contribution in [3.05, 3.63) is 59.7 Å². The number of anilines is 1. The first-order valence-electron chi connectivity index (χ1n) is 10.4. The third-order valence-corrected chi connectivity index (χ3v) is 5.59. The van der Waals surface area contributed by atoms with Crippen molar-refractivity contribution in [3.8, 4) is 5.75 Å². The van der Waals surface area contributed by atoms with Crippen LogP contribution >= 0.6 is 0 Å². The molecule has 176 valence electrons. The van der Waals surface area contributed by atoms with Gasteiger partial charge < -0.3 is 25.2 Å². The molecule has 3 heterocycles. The van der Waals surface area contributed by atoms with Gasteiger partial charge in [0.25, 0.3) is 5.91 Å². The highest BCUT2D eigenvalue weighted by molar-refractivity contribution is 6.01. The minimum absolute atomic E-state index is 0.0729. The molecule has 2 aromatic heterocycles. The zero-order valence-electron chi connectivity index (χ0n) is 17.5. The molecule has 0 aliphatic carbocycles. The summed E-state index contributed by atoms with van der Waals surface area (Å²) in [5, 5.41) is 25.1. The number of aliphatic hydroxyl groups is 2. The van der Waals surface area contributed by atoms with Crippen molar-refractivity contribution in [3.63, 3.8) is 0 Å². The lowest BCUT2D eigenvalue weighted by Gasteiger charge is -2.28. The SMILES string of the molecule is O=C(NC[C@H](O)CO)c1cnn2ccc(N3CCC[C@@H]3c3cc(F)ccc3OC(F)F)cc12. The van der Waals surface area contributed by atoms with Gasteiger partial charge in [0.2, 0.25) is 0 Å². The highest BCUT2D eigenvalue weighted by Gasteiger charge is 2.30. The van der Waals surface area contributed by atoms with Gasteiger partial charge in [-0.05, 0) is 43.2 Å². The third-order valence-electron chi connectivity index (χ3n) is 5.59. The standard InChI is InChI=1S/C22H23F3N4O4/c23-13-3-4-20(33-22(24)25)16(8-13)18-2-1-6-28(18)14-5-7-29-19(9-14)17(11-27-29)21(32)26-10-15(31)12-30/h3-5,7-9,11,15,18,22,30-31H,1-2,6,10,12H2,(H,26,32)/t15-,18+/m0/s1. The van der Waals surface area contributed by atoms with Crippen molar-refractivity contribution < 1.29 is 32.9 Å². The van der Waals surface area contributed by atoms with Gasteiger partial charge in [-0.15, -0.1) is 0 Å². The summed E-state index contributed by atoms with van der Waals surface area (Å²) in [6.45, 7) is -3.03. The second-order valence-corrected chi connectivity index (χ2v) is 7.73. The molecule has 1 aromatic carbocycles. The molecule has 1 amide bonds. The molecule has 0 spiro atoms. The minimum atomic E-state index is -3.03. The van der Waals surface area contributed by atoms with E-state index in [9.17, 15) is 23.1 Å². The Kier molecular flexibility index (Phi) is 6.70. The summed E-state index contributed by atoms with van der Waals surface area (Å²) in [5.41, 5.74) is 1.81. The van der Waals surface area contributed by atoms with E-state index in [2.05, 4.69) is 15.2 Å². The van der Waals surface area contributed by atoms with Crippen molar-refractivity contribution >= 4 is 17.1 Å². The van der Waals surface area contributed by atoms with Gasteiger partial charge in [-0.1, -0.05) is 0 Å². The predicted octanol–water partition coefficient (Wildman–Crippen LogP) is 2.50. The Bertz CT molecular complexity index is 1140. The summed E-state index contributed by atoms with van der Waals surface area (Å²) in [5.74, 6) is -1.09. The van der Waals surface area contributed by atoms with Crippen LogP contribution in [-0.2, 0) is 0 Å². The number of nitrogens with one attached hydrogen (secondary N) is 1. The number of halogens is 3. The molecular weight excluding hydrogens is 441 g/mol. The lowest BCUT2D eigenvalue weighted by atomic mass is 10.0. The number of nitrogens with zero attached hydrogens (tertiary/aromatic N) is 3. The van der Waals surface area contributed by atoms with E-state index in [4.69, 9.17) is 5.11 Å². The molecule has 0 bridgehead atoms. The first-order valence-corrected chi connectivity index (χ1v) is 10.4. The van der Waals surface area contributed by atoms with Crippen molar-refractivity contribution in [1.29, 1.82) is 0 Å². The summed E-state index contributed by atoms with van der Waals surface area (Å²) in [7, 11) is 0. The van der Waals surface area contributed by atoms with E-state index in [0.717, 1.165) is 12.5 Å². The van der Waals surface area contributed by atoms with Crippen molar-refractivity contribution in [2.75, 3.05) is 24.6 Å². The van der Waals surface area contributed by atoms with Crippen LogP contribution in [0.5, 0.6) is 5.75 Å². The number of carbonyl (C=O) groups is 1. The molecule has 1 aliphatic rings. The molecule has 4 rings (SSSR count). The average molecular weight is 464 g/mol. The molecule has 3 N–H and O–H groups in total. The number of benzene rings is 1. The highest BCUT2D eigenvalue weighted by atomic mass is 19.3. The predicted molar refractivity (Wildman–Crippen MR) is 113 cm³/mol. The third kappa shape index (κ3) is 4.88. The normalized spacial score (nSPS) is 17.0. The quantitative estimate of drug-likeness (QED) is 0.474. The second kappa shape index (κ2) is 9.67. The molecule has 3 aromatic rings. The first kappa shape index (κ1) is 22.9. The molecule has 33 heavy (non-hydrogen) atoms. The fraction of sp³-hybridized carbons (Fsp3) is 0.364. The summed E-state index contributed by atoms with van der Waals surface area (Å²) >= 11 is 0. The van der Waals surface area contributed by atoms with E-state index in [1.165, 1.54) is 22.8 Å². The maximum atomic E-state index is 14.0. The first-order chi connectivity index (χ1) is 15.9. The van der Waals surface area contributed by atoms with Gasteiger partial charge in [0.15, 0.2) is 0 Å². The number of rotatable bonds is 8. The Morgan fingerprint density at radius 2 is 2.12 bits per heavy atom. The van der Waals surface area contributed by atoms with Gasteiger partial charge >= 0.3 is 6.61 Å². The van der Waals surface area contributed by atoms with Crippen LogP contribution < -0.4 is 15.0 Å². The number of amides is 1. The van der Waals surface area contributed by atoms with Gasteiger partial charge in [-0.3, -0.25) is 4.79 Å². The molecule has 0 unspecified atom stereocenters. The van der Waals surface area contributed by atoms with Crippen molar-refractivity contribution in [1.82, 2.24) is 14.9 Å². The molecule has 8 nitrogen and oxygen atoms in total. The van der Waals surface area contributed by atoms with Crippen LogP contribution in [0.4, 0.5) is 18.9 Å². The van der Waals surface area contributed by atoms with Crippen molar-refractivity contribution in [2.24, 2.45) is 0 Å². The summed E-state index contributed by atoms with van der Waals surface area (Å²) < 4.78 is 45.9. The summed E-state index contributed by atoms with van der Waals surface area (Å²) in [4.78, 5) is 14.5. The molecule has 1 fully saturated rings. The lowest BCUT2D eigenvalue weighted by Crippen LogP contribution is -2.33. The maximum Gasteiger partial charge on any atom is 0.387 e. The number of ether oxygens (including phenoxy) is 1. The van der Waals surface area contributed by atoms with E-state index in [0.29, 0.717) is 29.7 Å². The van der Waals surface area contributed by atoms with E-state index < -0.39 is 37.1 Å². The van der Waals surface area contributed by atoms with E-state index in [1.54, 1.807) is 18.3 Å². The second-order valence-electron chi connectivity index (χ2n) is 7.73. The van der Waals surface area contributed by atoms with Crippen LogP contribution in [0.15, 0.2) is 42.7 Å². The van der Waals surface area contributed by atoms with Gasteiger partial charge in [-0.25, -0.2) is 8.91 Å². The molecule has 11 heteroatoms. The van der Waals surface area contributed by atoms with Crippen LogP contribution in [0.2, 0.25) is 0 Å². The van der Waals surface area contributed by atoms with Crippen molar-refractivity contribution in [2.45, 2.75) is 31.6 Å². The van der Waals surface area contributed by atoms with E-state index >= 15 is 0 Å². The Labute approximate surface area is 187 Å². The number of fused-ring (bicyclic) bond motifs is 1. The minimum Gasteiger partial charge on any atom is -0.434 e. The number of hydrogen-bond donors (Lipinski definition) is 3. The van der Waals surface area contributed by atoms with Gasteiger partial charge in [0.1, 0.15) is 11.6 Å². The molecule has 0 radical (unpaired) electrons. The fourth-order valence-corrected chi connectivity index (χ4v) is 4.08. The largest absolute Gasteiger partial charge is 0.434 e. The monoisotopic (exact) mass is 464 g/mol. The van der Waals surface area contributed by atoms with Crippen LogP contribution in [0, 0.1) is 5.82 Å². The van der Waals surface area contributed by atoms with Crippen LogP contribution in [-0.4, -0.2) is 58.1 Å². The smallest absolute Gasteiger partial charge is 0.387 e. The van der Waals surface area contributed by atoms with E-state index in [1.807, 2.05) is 4.90 Å². The molecule has 2 atom stereocenters. The van der Waals surface area contributed by atoms with Gasteiger partial charge in [0.05, 0.1) is 36.0 Å². The van der Waals surface area contributed by atoms with Gasteiger partial charge in [0, 0.05) is 30.5 Å². The number of pyridine rings is 1. The molecule has 1 saturated heterocycles. The number of alkyl halides is 2. The number of aliphatic hydroxyl groups excluding tert-OH is 2. The topological polar surface area (TPSA) is 99.3 Å². The lowest BCUT2D eigenvalue weighted by molar-refractivity contribution is -0.0506. The summed E-state index contributed by atoms with van der Waals surface area (Å²) in [6, 6.07) is 6.63. The van der Waals surface area contributed by atoms with Crippen LogP contribution in [0.1, 0.15) is 34.8 Å². The Hall–Kier alpha value is -3.31.